The van der Waals surface area contributed by atoms with Crippen molar-refractivity contribution < 1.29 is 19.5 Å². The van der Waals surface area contributed by atoms with E-state index in [0.29, 0.717) is 29.4 Å². The van der Waals surface area contributed by atoms with Crippen molar-refractivity contribution in [2.24, 2.45) is 0 Å². The molecule has 7 nitrogen and oxygen atoms in total. The third kappa shape index (κ3) is 5.87. The Balaban J connectivity index is 1.85. The van der Waals surface area contributed by atoms with Crippen LogP contribution in [0, 0.1) is 10.1 Å². The summed E-state index contributed by atoms with van der Waals surface area (Å²) in [7, 11) is 3.38. The first kappa shape index (κ1) is 20.0. The second-order valence-corrected chi connectivity index (χ2v) is 6.28. The SMILES string of the molecule is COc1ccc(OC[C@H](O)CN(C)Cc2cc([N+](=O)[O-])ccc2Cl)cc1. The first-order chi connectivity index (χ1) is 12.4. The summed E-state index contributed by atoms with van der Waals surface area (Å²) in [6.45, 7) is 0.828. The predicted octanol–water partition coefficient (Wildman–Crippen LogP) is 3.13. The zero-order chi connectivity index (χ0) is 19.1. The molecule has 0 unspecified atom stereocenters. The molecular formula is C18H21ClN2O5. The molecular weight excluding hydrogens is 360 g/mol. The summed E-state index contributed by atoms with van der Waals surface area (Å²) in [6, 6.07) is 11.4. The van der Waals surface area contributed by atoms with Gasteiger partial charge in [-0.3, -0.25) is 15.0 Å². The van der Waals surface area contributed by atoms with Gasteiger partial charge in [-0.15, -0.1) is 0 Å². The Hall–Kier alpha value is -2.35. The number of nitro groups is 1. The summed E-state index contributed by atoms with van der Waals surface area (Å²) in [5.41, 5.74) is 0.618. The van der Waals surface area contributed by atoms with Gasteiger partial charge in [0.05, 0.1) is 12.0 Å². The second-order valence-electron chi connectivity index (χ2n) is 5.87. The van der Waals surface area contributed by atoms with E-state index in [0.717, 1.165) is 5.75 Å². The Kier molecular flexibility index (Phi) is 7.20. The molecule has 2 aromatic rings. The van der Waals surface area contributed by atoms with Crippen molar-refractivity contribution in [3.05, 3.63) is 63.2 Å². The number of aliphatic hydroxyl groups is 1. The van der Waals surface area contributed by atoms with Gasteiger partial charge in [0.2, 0.25) is 0 Å². The highest BCUT2D eigenvalue weighted by molar-refractivity contribution is 6.31. The third-order valence-corrected chi connectivity index (χ3v) is 4.07. The Morgan fingerprint density at radius 2 is 1.88 bits per heavy atom. The van der Waals surface area contributed by atoms with Gasteiger partial charge < -0.3 is 14.6 Å². The molecule has 2 rings (SSSR count). The minimum absolute atomic E-state index is 0.0128. The van der Waals surface area contributed by atoms with Crippen LogP contribution in [0.5, 0.6) is 11.5 Å². The van der Waals surface area contributed by atoms with Crippen LogP contribution in [0.15, 0.2) is 42.5 Å². The fraction of sp³-hybridized carbons (Fsp3) is 0.333. The van der Waals surface area contributed by atoms with Crippen molar-refractivity contribution in [1.82, 2.24) is 4.90 Å². The van der Waals surface area contributed by atoms with Gasteiger partial charge in [-0.1, -0.05) is 11.6 Å². The number of benzene rings is 2. The van der Waals surface area contributed by atoms with E-state index in [1.165, 1.54) is 18.2 Å². The van der Waals surface area contributed by atoms with E-state index >= 15 is 0 Å². The molecule has 2 aromatic carbocycles. The van der Waals surface area contributed by atoms with E-state index in [1.807, 2.05) is 4.90 Å². The Morgan fingerprint density at radius 1 is 1.23 bits per heavy atom. The minimum Gasteiger partial charge on any atom is -0.497 e. The van der Waals surface area contributed by atoms with Crippen molar-refractivity contribution in [1.29, 1.82) is 0 Å². The first-order valence-corrected chi connectivity index (χ1v) is 8.33. The fourth-order valence-electron chi connectivity index (χ4n) is 2.43. The van der Waals surface area contributed by atoms with E-state index < -0.39 is 11.0 Å². The number of likely N-dealkylation sites (N-methyl/N-ethyl adjacent to an activating group) is 1. The number of nitro benzene ring substituents is 1. The smallest absolute Gasteiger partial charge is 0.269 e. The van der Waals surface area contributed by atoms with Crippen LogP contribution < -0.4 is 9.47 Å². The lowest BCUT2D eigenvalue weighted by Crippen LogP contribution is -2.32. The second kappa shape index (κ2) is 9.38. The van der Waals surface area contributed by atoms with Crippen LogP contribution in [0.2, 0.25) is 5.02 Å². The summed E-state index contributed by atoms with van der Waals surface area (Å²) in [6.07, 6.45) is -0.723. The number of non-ortho nitro benzene ring substituents is 1. The van der Waals surface area contributed by atoms with Crippen LogP contribution in [0.3, 0.4) is 0 Å². The van der Waals surface area contributed by atoms with E-state index in [4.69, 9.17) is 21.1 Å². The molecule has 0 aliphatic rings. The lowest BCUT2D eigenvalue weighted by Gasteiger charge is -2.21. The van der Waals surface area contributed by atoms with Gasteiger partial charge in [0.15, 0.2) is 0 Å². The quantitative estimate of drug-likeness (QED) is 0.531. The summed E-state index contributed by atoms with van der Waals surface area (Å²) in [5, 5.41) is 21.5. The number of hydrogen-bond donors (Lipinski definition) is 1. The summed E-state index contributed by atoms with van der Waals surface area (Å²) >= 11 is 6.10. The number of methoxy groups -OCH3 is 1. The molecule has 0 aliphatic heterocycles. The van der Waals surface area contributed by atoms with Gasteiger partial charge in [-0.25, -0.2) is 0 Å². The van der Waals surface area contributed by atoms with Crippen molar-refractivity contribution in [2.75, 3.05) is 27.3 Å². The predicted molar refractivity (Wildman–Crippen MR) is 98.9 cm³/mol. The van der Waals surface area contributed by atoms with Crippen molar-refractivity contribution in [3.8, 4) is 11.5 Å². The number of nitrogens with zero attached hydrogens (tertiary/aromatic N) is 2. The highest BCUT2D eigenvalue weighted by atomic mass is 35.5. The number of aliphatic hydroxyl groups excluding tert-OH is 1. The molecule has 0 saturated heterocycles. The zero-order valence-corrected chi connectivity index (χ0v) is 15.3. The molecule has 0 heterocycles. The number of hydrogen-bond acceptors (Lipinski definition) is 6. The van der Waals surface area contributed by atoms with Crippen LogP contribution in [0.25, 0.3) is 0 Å². The molecule has 0 spiro atoms. The highest BCUT2D eigenvalue weighted by Crippen LogP contribution is 2.23. The molecule has 140 valence electrons. The number of halogens is 1. The number of ether oxygens (including phenoxy) is 2. The summed E-state index contributed by atoms with van der Waals surface area (Å²) < 4.78 is 10.6. The van der Waals surface area contributed by atoms with Crippen molar-refractivity contribution in [2.45, 2.75) is 12.6 Å². The molecule has 0 saturated carbocycles. The average Bonchev–Trinajstić information content (AvgIpc) is 2.62. The van der Waals surface area contributed by atoms with Gasteiger partial charge in [0.25, 0.3) is 5.69 Å². The number of rotatable bonds is 9. The molecule has 1 N–H and O–H groups in total. The Morgan fingerprint density at radius 3 is 2.50 bits per heavy atom. The van der Waals surface area contributed by atoms with Crippen LogP contribution in [-0.4, -0.2) is 48.3 Å². The van der Waals surface area contributed by atoms with Gasteiger partial charge in [-0.05, 0) is 42.9 Å². The first-order valence-electron chi connectivity index (χ1n) is 7.95. The molecule has 0 aliphatic carbocycles. The maximum Gasteiger partial charge on any atom is 0.269 e. The minimum atomic E-state index is -0.723. The van der Waals surface area contributed by atoms with Crippen LogP contribution in [-0.2, 0) is 6.54 Å². The average molecular weight is 381 g/mol. The van der Waals surface area contributed by atoms with Crippen LogP contribution >= 0.6 is 11.6 Å². The van der Waals surface area contributed by atoms with Crippen LogP contribution in [0.4, 0.5) is 5.69 Å². The highest BCUT2D eigenvalue weighted by Gasteiger charge is 2.14. The third-order valence-electron chi connectivity index (χ3n) is 3.70. The van der Waals surface area contributed by atoms with Gasteiger partial charge >= 0.3 is 0 Å². The molecule has 0 amide bonds. The molecule has 0 aromatic heterocycles. The fourth-order valence-corrected chi connectivity index (χ4v) is 2.61. The van der Waals surface area contributed by atoms with E-state index in [-0.39, 0.29) is 12.3 Å². The van der Waals surface area contributed by atoms with Crippen molar-refractivity contribution in [3.63, 3.8) is 0 Å². The molecule has 8 heteroatoms. The molecule has 0 radical (unpaired) electrons. The molecule has 1 atom stereocenters. The maximum atomic E-state index is 10.9. The topological polar surface area (TPSA) is 85.1 Å². The maximum absolute atomic E-state index is 10.9. The zero-order valence-electron chi connectivity index (χ0n) is 14.6. The Bertz CT molecular complexity index is 739. The van der Waals surface area contributed by atoms with Gasteiger partial charge in [0, 0.05) is 30.2 Å². The molecule has 0 bridgehead atoms. The summed E-state index contributed by atoms with van der Waals surface area (Å²) in [5.74, 6) is 1.36. The molecule has 26 heavy (non-hydrogen) atoms. The van der Waals surface area contributed by atoms with E-state index in [9.17, 15) is 15.2 Å². The van der Waals surface area contributed by atoms with E-state index in [1.54, 1.807) is 38.4 Å². The standard InChI is InChI=1S/C18H21ClN2O5/c1-20(10-13-9-14(21(23)24)3-8-18(13)19)11-15(22)12-26-17-6-4-16(25-2)5-7-17/h3-9,15,22H,10-12H2,1-2H3/t15-/m1/s1. The van der Waals surface area contributed by atoms with Crippen molar-refractivity contribution >= 4 is 17.3 Å². The lowest BCUT2D eigenvalue weighted by atomic mass is 10.2. The molecule has 0 fully saturated rings. The van der Waals surface area contributed by atoms with Gasteiger partial charge in [-0.2, -0.15) is 0 Å². The van der Waals surface area contributed by atoms with E-state index in [2.05, 4.69) is 0 Å². The Labute approximate surface area is 156 Å². The largest absolute Gasteiger partial charge is 0.497 e. The summed E-state index contributed by atoms with van der Waals surface area (Å²) in [4.78, 5) is 12.2. The van der Waals surface area contributed by atoms with Gasteiger partial charge in [0.1, 0.15) is 24.2 Å². The lowest BCUT2D eigenvalue weighted by molar-refractivity contribution is -0.384. The van der Waals surface area contributed by atoms with Crippen LogP contribution in [0.1, 0.15) is 5.56 Å². The monoisotopic (exact) mass is 380 g/mol. The normalized spacial score (nSPS) is 12.0.